The van der Waals surface area contributed by atoms with Gasteiger partial charge in [-0.25, -0.2) is 4.98 Å². The summed E-state index contributed by atoms with van der Waals surface area (Å²) in [6, 6.07) is 13.2. The first-order chi connectivity index (χ1) is 8.66. The largest absolute Gasteiger partial charge is 0.323 e. The zero-order valence-electron chi connectivity index (χ0n) is 10.5. The van der Waals surface area contributed by atoms with Crippen LogP contribution in [0.4, 0.5) is 11.5 Å². The summed E-state index contributed by atoms with van der Waals surface area (Å²) >= 11 is 3.50. The summed E-state index contributed by atoms with van der Waals surface area (Å²) in [6.07, 6.45) is 1.09. The van der Waals surface area contributed by atoms with Gasteiger partial charge in [0.05, 0.1) is 5.69 Å². The smallest absolute Gasteiger partial charge is 0.133 e. The van der Waals surface area contributed by atoms with Gasteiger partial charge >= 0.3 is 0 Å². The molecule has 2 heterocycles. The van der Waals surface area contributed by atoms with Crippen LogP contribution in [0.3, 0.4) is 0 Å². The van der Waals surface area contributed by atoms with Crippen LogP contribution >= 0.6 is 15.9 Å². The quantitative estimate of drug-likeness (QED) is 0.783. The molecule has 3 rings (SSSR count). The maximum atomic E-state index is 4.68. The van der Waals surface area contributed by atoms with E-state index in [0.29, 0.717) is 6.04 Å². The monoisotopic (exact) mass is 302 g/mol. The van der Waals surface area contributed by atoms with Gasteiger partial charge in [0.2, 0.25) is 0 Å². The predicted molar refractivity (Wildman–Crippen MR) is 78.4 cm³/mol. The lowest BCUT2D eigenvalue weighted by Gasteiger charge is -2.24. The van der Waals surface area contributed by atoms with Crippen LogP contribution < -0.4 is 4.90 Å². The molecule has 92 valence electrons. The molecule has 0 bridgehead atoms. The molecule has 0 fully saturated rings. The lowest BCUT2D eigenvalue weighted by atomic mass is 10.1. The fourth-order valence-electron chi connectivity index (χ4n) is 2.58. The average molecular weight is 303 g/mol. The second kappa shape index (κ2) is 4.39. The SMILES string of the molecule is Cc1nc(N2c3ccccc3CC2C)ccc1Br. The second-order valence-corrected chi connectivity index (χ2v) is 5.64. The highest BCUT2D eigenvalue weighted by atomic mass is 79.9. The number of anilines is 2. The molecular formula is C15H15BrN2. The van der Waals surface area contributed by atoms with E-state index in [1.54, 1.807) is 0 Å². The third kappa shape index (κ3) is 1.83. The summed E-state index contributed by atoms with van der Waals surface area (Å²) in [7, 11) is 0. The number of benzene rings is 1. The zero-order chi connectivity index (χ0) is 12.7. The topological polar surface area (TPSA) is 16.1 Å². The highest BCUT2D eigenvalue weighted by Gasteiger charge is 2.27. The van der Waals surface area contributed by atoms with Gasteiger partial charge in [0, 0.05) is 16.2 Å². The van der Waals surface area contributed by atoms with E-state index in [9.17, 15) is 0 Å². The second-order valence-electron chi connectivity index (χ2n) is 4.79. The Morgan fingerprint density at radius 3 is 2.78 bits per heavy atom. The van der Waals surface area contributed by atoms with Crippen LogP contribution in [0.25, 0.3) is 0 Å². The third-order valence-corrected chi connectivity index (χ3v) is 4.30. The molecule has 18 heavy (non-hydrogen) atoms. The van der Waals surface area contributed by atoms with Crippen LogP contribution in [0.1, 0.15) is 18.2 Å². The molecule has 0 aliphatic carbocycles. The molecule has 0 radical (unpaired) electrons. The van der Waals surface area contributed by atoms with E-state index in [4.69, 9.17) is 0 Å². The van der Waals surface area contributed by atoms with E-state index in [-0.39, 0.29) is 0 Å². The number of rotatable bonds is 1. The van der Waals surface area contributed by atoms with Crippen LogP contribution in [-0.2, 0) is 6.42 Å². The van der Waals surface area contributed by atoms with Gasteiger partial charge in [-0.1, -0.05) is 18.2 Å². The van der Waals surface area contributed by atoms with Crippen molar-refractivity contribution in [3.63, 3.8) is 0 Å². The maximum Gasteiger partial charge on any atom is 0.133 e. The van der Waals surface area contributed by atoms with Crippen molar-refractivity contribution in [2.45, 2.75) is 26.3 Å². The number of halogens is 1. The Kier molecular flexibility index (Phi) is 2.86. The first-order valence-electron chi connectivity index (χ1n) is 6.17. The number of nitrogens with zero attached hydrogens (tertiary/aromatic N) is 2. The molecule has 2 aromatic rings. The Bertz CT molecular complexity index is 595. The number of hydrogen-bond donors (Lipinski definition) is 0. The minimum Gasteiger partial charge on any atom is -0.323 e. The Hall–Kier alpha value is -1.35. The number of aryl methyl sites for hydroxylation is 1. The van der Waals surface area contributed by atoms with Crippen molar-refractivity contribution in [2.24, 2.45) is 0 Å². The standard InChI is InChI=1S/C15H15BrN2/c1-10-9-12-5-3-4-6-14(12)18(10)15-8-7-13(16)11(2)17-15/h3-8,10H,9H2,1-2H3. The molecule has 1 aromatic carbocycles. The van der Waals surface area contributed by atoms with Crippen molar-refractivity contribution in [3.8, 4) is 0 Å². The fourth-order valence-corrected chi connectivity index (χ4v) is 2.80. The van der Waals surface area contributed by atoms with E-state index < -0.39 is 0 Å². The molecule has 1 aliphatic heterocycles. The van der Waals surface area contributed by atoms with Crippen molar-refractivity contribution < 1.29 is 0 Å². The molecule has 2 nitrogen and oxygen atoms in total. The Morgan fingerprint density at radius 1 is 1.22 bits per heavy atom. The predicted octanol–water partition coefficient (Wildman–Crippen LogP) is 4.24. The average Bonchev–Trinajstić information content (AvgIpc) is 2.69. The highest BCUT2D eigenvalue weighted by molar-refractivity contribution is 9.10. The van der Waals surface area contributed by atoms with Gasteiger partial charge in [-0.15, -0.1) is 0 Å². The number of fused-ring (bicyclic) bond motifs is 1. The normalized spacial score (nSPS) is 17.9. The van der Waals surface area contributed by atoms with Gasteiger partial charge in [-0.3, -0.25) is 0 Å². The Labute approximate surface area is 116 Å². The van der Waals surface area contributed by atoms with E-state index in [1.165, 1.54) is 11.3 Å². The minimum atomic E-state index is 0.468. The summed E-state index contributed by atoms with van der Waals surface area (Å²) in [5.41, 5.74) is 3.73. The molecule has 0 N–H and O–H groups in total. The van der Waals surface area contributed by atoms with Gasteiger partial charge in [0.1, 0.15) is 5.82 Å². The van der Waals surface area contributed by atoms with Crippen molar-refractivity contribution in [1.82, 2.24) is 4.98 Å². The molecule has 0 saturated carbocycles. The Balaban J connectivity index is 2.09. The molecule has 3 heteroatoms. The number of aromatic nitrogens is 1. The highest BCUT2D eigenvalue weighted by Crippen LogP contribution is 2.37. The van der Waals surface area contributed by atoms with Gasteiger partial charge in [0.25, 0.3) is 0 Å². The summed E-state index contributed by atoms with van der Waals surface area (Å²) in [5.74, 6) is 1.04. The van der Waals surface area contributed by atoms with Crippen LogP contribution in [0.15, 0.2) is 40.9 Å². The van der Waals surface area contributed by atoms with Crippen LogP contribution in [0.5, 0.6) is 0 Å². The molecule has 1 aliphatic rings. The molecule has 0 saturated heterocycles. The van der Waals surface area contributed by atoms with Crippen molar-refractivity contribution in [3.05, 3.63) is 52.1 Å². The minimum absolute atomic E-state index is 0.468. The molecular weight excluding hydrogens is 288 g/mol. The summed E-state index contributed by atoms with van der Waals surface area (Å²) in [6.45, 7) is 4.28. The van der Waals surface area contributed by atoms with Crippen molar-refractivity contribution in [1.29, 1.82) is 0 Å². The van der Waals surface area contributed by atoms with Crippen LogP contribution in [0, 0.1) is 6.92 Å². The molecule has 1 atom stereocenters. The van der Waals surface area contributed by atoms with E-state index in [2.05, 4.69) is 69.1 Å². The van der Waals surface area contributed by atoms with Crippen LogP contribution in [-0.4, -0.2) is 11.0 Å². The summed E-state index contributed by atoms with van der Waals surface area (Å²) < 4.78 is 1.06. The van der Waals surface area contributed by atoms with Crippen molar-refractivity contribution in [2.75, 3.05) is 4.90 Å². The summed E-state index contributed by atoms with van der Waals surface area (Å²) in [4.78, 5) is 7.01. The number of para-hydroxylation sites is 1. The van der Waals surface area contributed by atoms with Crippen molar-refractivity contribution >= 4 is 27.4 Å². The van der Waals surface area contributed by atoms with E-state index in [1.807, 2.05) is 6.92 Å². The van der Waals surface area contributed by atoms with Gasteiger partial charge < -0.3 is 4.90 Å². The number of hydrogen-bond acceptors (Lipinski definition) is 2. The van der Waals surface area contributed by atoms with Gasteiger partial charge in [-0.2, -0.15) is 0 Å². The lowest BCUT2D eigenvalue weighted by Crippen LogP contribution is -2.24. The fraction of sp³-hybridized carbons (Fsp3) is 0.267. The zero-order valence-corrected chi connectivity index (χ0v) is 12.1. The number of pyridine rings is 1. The molecule has 1 unspecified atom stereocenters. The first kappa shape index (κ1) is 11.7. The summed E-state index contributed by atoms with van der Waals surface area (Å²) in [5, 5.41) is 0. The first-order valence-corrected chi connectivity index (χ1v) is 6.96. The molecule has 1 aromatic heterocycles. The third-order valence-electron chi connectivity index (χ3n) is 3.46. The van der Waals surface area contributed by atoms with E-state index >= 15 is 0 Å². The van der Waals surface area contributed by atoms with Gasteiger partial charge in [-0.05, 0) is 60.0 Å². The molecule has 0 spiro atoms. The van der Waals surface area contributed by atoms with Crippen LogP contribution in [0.2, 0.25) is 0 Å². The molecule has 0 amide bonds. The lowest BCUT2D eigenvalue weighted by molar-refractivity contribution is 0.749. The maximum absolute atomic E-state index is 4.68. The Morgan fingerprint density at radius 2 is 2.00 bits per heavy atom. The van der Waals surface area contributed by atoms with E-state index in [0.717, 1.165) is 22.4 Å². The van der Waals surface area contributed by atoms with Gasteiger partial charge in [0.15, 0.2) is 0 Å².